The van der Waals surface area contributed by atoms with Gasteiger partial charge in [-0.3, -0.25) is 19.4 Å². The number of hydrogen-bond acceptors (Lipinski definition) is 9. The van der Waals surface area contributed by atoms with E-state index < -0.39 is 0 Å². The van der Waals surface area contributed by atoms with E-state index in [1.54, 1.807) is 33.4 Å². The van der Waals surface area contributed by atoms with Crippen molar-refractivity contribution in [3.05, 3.63) is 81.5 Å². The van der Waals surface area contributed by atoms with Crippen molar-refractivity contribution in [3.8, 4) is 0 Å². The molecular formula is C74H112N4O6. The highest BCUT2D eigenvalue weighted by Gasteiger charge is 2.64. The summed E-state index contributed by atoms with van der Waals surface area (Å²) in [6.07, 6.45) is 30.0. The Labute approximate surface area is 507 Å². The van der Waals surface area contributed by atoms with E-state index in [0.717, 1.165) is 133 Å². The highest BCUT2D eigenvalue weighted by Crippen LogP contribution is 2.67. The van der Waals surface area contributed by atoms with Crippen LogP contribution in [0.2, 0.25) is 0 Å². The van der Waals surface area contributed by atoms with Gasteiger partial charge in [-0.1, -0.05) is 113 Å². The predicted molar refractivity (Wildman–Crippen MR) is 337 cm³/mol. The number of carbonyl (C=O) groups excluding carboxylic acids is 2. The maximum absolute atomic E-state index is 12.9. The number of fused-ring (bicyclic) bond motifs is 12. The summed E-state index contributed by atoms with van der Waals surface area (Å²) in [5.74, 6) is 7.23. The van der Waals surface area contributed by atoms with Crippen molar-refractivity contribution in [3.63, 3.8) is 0 Å². The Balaban J connectivity index is 0.000000181. The van der Waals surface area contributed by atoms with Gasteiger partial charge in [-0.25, -0.2) is 0 Å². The Morgan fingerprint density at radius 2 is 1.15 bits per heavy atom. The summed E-state index contributed by atoms with van der Waals surface area (Å²) < 4.78 is 14.5. The number of carbonyl (C=O) groups is 2. The van der Waals surface area contributed by atoms with Crippen molar-refractivity contribution in [1.82, 2.24) is 15.1 Å². The molecule has 4 aliphatic heterocycles. The van der Waals surface area contributed by atoms with E-state index in [4.69, 9.17) is 15.2 Å². The number of nitrogens with zero attached hydrogens (tertiary/aromatic N) is 2. The first-order valence-electron chi connectivity index (χ1n) is 34.9. The molecule has 8 fully saturated rings. The number of nitrogens with one attached hydrogen (secondary N) is 1. The number of rotatable bonds is 15. The minimum Gasteiger partial charge on any atom is -0.393 e. The van der Waals surface area contributed by atoms with E-state index in [0.29, 0.717) is 90.7 Å². The van der Waals surface area contributed by atoms with E-state index in [-0.39, 0.29) is 40.8 Å². The molecule has 4 heterocycles. The van der Waals surface area contributed by atoms with Gasteiger partial charge < -0.3 is 30.7 Å². The van der Waals surface area contributed by atoms with Crippen molar-refractivity contribution in [1.29, 1.82) is 0 Å². The van der Waals surface area contributed by atoms with E-state index >= 15 is 0 Å². The number of aryl methyl sites for hydroxylation is 1. The molecule has 10 nitrogen and oxygen atoms in total. The lowest BCUT2D eigenvalue weighted by atomic mass is 9.56. The Bertz CT molecular complexity index is 2680. The fraction of sp³-hybridized carbons (Fsp3) is 0.784. The Kier molecular flexibility index (Phi) is 18.1. The second-order valence-corrected chi connectivity index (χ2v) is 31.0. The average molecular weight is 1150 g/mol. The van der Waals surface area contributed by atoms with Crippen LogP contribution in [-0.4, -0.2) is 119 Å². The monoisotopic (exact) mass is 1150 g/mol. The van der Waals surface area contributed by atoms with E-state index in [1.807, 2.05) is 18.2 Å². The summed E-state index contributed by atoms with van der Waals surface area (Å²) in [7, 11) is 0. The molecule has 8 aliphatic carbocycles. The van der Waals surface area contributed by atoms with Crippen LogP contribution in [0.1, 0.15) is 209 Å². The summed E-state index contributed by atoms with van der Waals surface area (Å²) in [5, 5.41) is 23.8. The third-order valence-corrected chi connectivity index (χ3v) is 26.5. The molecule has 13 rings (SSSR count). The van der Waals surface area contributed by atoms with Crippen LogP contribution in [0.3, 0.4) is 0 Å². The number of ether oxygens (including phenoxy) is 2. The molecule has 12 aliphatic rings. The SMILES string of the molecule is CC1=C2C[C@H]3[C@@H](CC=C4C[C@@H](O)CC[C@@]43C)[C@@H]2CC[C@]12O[C@@H]1C[C@H](C)CN(CCCC(=O)CCCCCNC(=O)CCc3ccccc3)[C@H]1[C@H]2C.CC1=C2C[C@H]3[C@@H](CC=C4C[C@@H](O)CC[C@@]43C)[C@@H]2CC[C@]12O[C@@H]1C[C@H](C)CN(CCN)[C@H]1[C@H]2C. The number of nitrogens with two attached hydrogens (primary N) is 1. The second kappa shape index (κ2) is 24.8. The lowest BCUT2D eigenvalue weighted by Gasteiger charge is -2.49. The summed E-state index contributed by atoms with van der Waals surface area (Å²) in [5.41, 5.74) is 17.4. The van der Waals surface area contributed by atoms with Gasteiger partial charge in [-0.05, 0) is 224 Å². The number of Topliss-reactive ketones (excluding diaryl/α,β-unsaturated/α-hetero) is 1. The van der Waals surface area contributed by atoms with Crippen LogP contribution in [0.5, 0.6) is 0 Å². The molecule has 0 aromatic heterocycles. The Morgan fingerprint density at radius 3 is 1.68 bits per heavy atom. The van der Waals surface area contributed by atoms with Crippen LogP contribution in [-0.2, 0) is 25.5 Å². The maximum Gasteiger partial charge on any atom is 0.220 e. The van der Waals surface area contributed by atoms with Crippen LogP contribution in [0, 0.1) is 70.0 Å². The topological polar surface area (TPSA) is 138 Å². The molecule has 10 heteroatoms. The Morgan fingerprint density at radius 1 is 0.643 bits per heavy atom. The van der Waals surface area contributed by atoms with E-state index in [1.165, 1.54) is 63.5 Å². The molecule has 20 atom stereocenters. The summed E-state index contributed by atoms with van der Waals surface area (Å²) in [4.78, 5) is 30.5. The highest BCUT2D eigenvalue weighted by atomic mass is 16.5. The van der Waals surface area contributed by atoms with Gasteiger partial charge in [-0.2, -0.15) is 0 Å². The fourth-order valence-electron chi connectivity index (χ4n) is 22.1. The molecule has 84 heavy (non-hydrogen) atoms. The van der Waals surface area contributed by atoms with Crippen LogP contribution >= 0.6 is 0 Å². The number of aliphatic hydroxyl groups is 2. The maximum atomic E-state index is 12.9. The number of unbranched alkanes of at least 4 members (excludes halogenated alkanes) is 2. The molecule has 4 saturated heterocycles. The lowest BCUT2D eigenvalue weighted by molar-refractivity contribution is -0.121. The average Bonchev–Trinajstić information content (AvgIpc) is 1.92. The van der Waals surface area contributed by atoms with Crippen LogP contribution in [0.15, 0.2) is 75.9 Å². The van der Waals surface area contributed by atoms with Crippen molar-refractivity contribution in [2.75, 3.05) is 39.3 Å². The third-order valence-electron chi connectivity index (χ3n) is 26.5. The van der Waals surface area contributed by atoms with Gasteiger partial charge in [0.2, 0.25) is 5.91 Å². The van der Waals surface area contributed by atoms with Crippen molar-refractivity contribution >= 4 is 11.7 Å². The number of likely N-dealkylation sites (tertiary alicyclic amines) is 2. The van der Waals surface area contributed by atoms with Crippen LogP contribution in [0.4, 0.5) is 0 Å². The van der Waals surface area contributed by atoms with Crippen LogP contribution in [0.25, 0.3) is 0 Å². The molecule has 5 N–H and O–H groups in total. The van der Waals surface area contributed by atoms with Gasteiger partial charge >= 0.3 is 0 Å². The van der Waals surface area contributed by atoms with Gasteiger partial charge in [0, 0.05) is 75.9 Å². The molecule has 2 spiro atoms. The first-order chi connectivity index (χ1) is 40.4. The fourth-order valence-corrected chi connectivity index (χ4v) is 22.1. The minimum atomic E-state index is -0.152. The number of allylic oxidation sites excluding steroid dienone is 4. The first-order valence-corrected chi connectivity index (χ1v) is 34.9. The number of benzene rings is 1. The molecule has 1 aromatic rings. The summed E-state index contributed by atoms with van der Waals surface area (Å²) >= 11 is 0. The second-order valence-electron chi connectivity index (χ2n) is 31.0. The number of amides is 1. The van der Waals surface area contributed by atoms with E-state index in [9.17, 15) is 19.8 Å². The molecule has 1 amide bonds. The minimum absolute atomic E-state index is 0.0640. The van der Waals surface area contributed by atoms with Gasteiger partial charge in [0.15, 0.2) is 0 Å². The van der Waals surface area contributed by atoms with Crippen molar-refractivity contribution in [2.45, 2.75) is 257 Å². The standard InChI is InChI=1S/C45H66N2O4.C29H46N2O2/c1-30-26-41-43(47(29-30)25-11-15-35(48)14-9-6-10-24-46-42(50)19-16-33-12-7-5-8-13-33)32(3)45(51-41)23-21-37-38-18-17-34-27-36(49)20-22-44(34,4)40(38)28-39(37)31(45)2;1-17-13-26-27(31(16-17)12-11-30)19(3)29(33-26)10-8-22-23-6-5-20-14-21(32)7-9-28(20,4)25(23)15-24(22)18(29)2/h5,7-8,12-13,17,30,32,36-38,40-41,43,49H,6,9-11,14-16,18-29H2,1-4H3,(H,46,50);5,17,19,21-23,25-27,32H,6-16,30H2,1-4H3/t30-,32+,36-,37-,38-,40-,41+,43-,44-,45-;17-,19+,21-,22-,23-,25-,26+,27-,28-,29-/m00/s1. The normalized spacial score (nSPS) is 43.0. The number of aliphatic hydroxyl groups excluding tert-OH is 2. The van der Waals surface area contributed by atoms with Crippen molar-refractivity contribution in [2.24, 2.45) is 75.7 Å². The zero-order chi connectivity index (χ0) is 58.9. The van der Waals surface area contributed by atoms with Gasteiger partial charge in [0.1, 0.15) is 5.78 Å². The highest BCUT2D eigenvalue weighted by molar-refractivity contribution is 5.78. The molecule has 464 valence electrons. The number of hydrogen-bond donors (Lipinski definition) is 4. The molecular weight excluding hydrogens is 1040 g/mol. The number of ketones is 1. The van der Waals surface area contributed by atoms with E-state index in [2.05, 4.69) is 94.8 Å². The molecule has 0 bridgehead atoms. The summed E-state index contributed by atoms with van der Waals surface area (Å²) in [6.45, 7) is 25.4. The number of piperidine rings is 2. The smallest absolute Gasteiger partial charge is 0.220 e. The zero-order valence-electron chi connectivity index (χ0n) is 53.5. The van der Waals surface area contributed by atoms with Gasteiger partial charge in [0.05, 0.1) is 35.6 Å². The van der Waals surface area contributed by atoms with Gasteiger partial charge in [-0.15, -0.1) is 0 Å². The quantitative estimate of drug-likeness (QED) is 0.0999. The molecule has 4 saturated carbocycles. The molecule has 1 aromatic carbocycles. The lowest BCUT2D eigenvalue weighted by Crippen LogP contribution is -2.53. The van der Waals surface area contributed by atoms with Crippen molar-refractivity contribution < 1.29 is 29.3 Å². The predicted octanol–water partition coefficient (Wildman–Crippen LogP) is 13.0. The molecule has 0 unspecified atom stereocenters. The largest absolute Gasteiger partial charge is 0.393 e. The Hall–Kier alpha value is -2.96. The third kappa shape index (κ3) is 11.1. The van der Waals surface area contributed by atoms with Gasteiger partial charge in [0.25, 0.3) is 0 Å². The summed E-state index contributed by atoms with van der Waals surface area (Å²) in [6, 6.07) is 11.1. The first kappa shape index (κ1) is 61.3. The van der Waals surface area contributed by atoms with Crippen LogP contribution < -0.4 is 11.1 Å². The zero-order valence-corrected chi connectivity index (χ0v) is 53.5. The molecule has 0 radical (unpaired) electrons.